The molecule has 0 atom stereocenters. The highest BCUT2D eigenvalue weighted by Gasteiger charge is 2.22. The van der Waals surface area contributed by atoms with E-state index in [1.807, 2.05) is 38.2 Å². The third-order valence-corrected chi connectivity index (χ3v) is 5.77. The van der Waals surface area contributed by atoms with Crippen LogP contribution >= 0.6 is 0 Å². The van der Waals surface area contributed by atoms with E-state index >= 15 is 0 Å². The minimum atomic E-state index is 0.145. The van der Waals surface area contributed by atoms with E-state index in [2.05, 4.69) is 38.4 Å². The highest BCUT2D eigenvalue weighted by Crippen LogP contribution is 2.29. The van der Waals surface area contributed by atoms with E-state index in [-0.39, 0.29) is 6.10 Å². The highest BCUT2D eigenvalue weighted by molar-refractivity contribution is 5.50. The Kier molecular flexibility index (Phi) is 7.86. The van der Waals surface area contributed by atoms with Crippen molar-refractivity contribution in [1.82, 2.24) is 19.9 Å². The van der Waals surface area contributed by atoms with Crippen molar-refractivity contribution in [1.29, 1.82) is 0 Å². The molecule has 0 bridgehead atoms. The number of likely N-dealkylation sites (tertiary alicyclic amines) is 1. The first-order valence-corrected chi connectivity index (χ1v) is 11.6. The summed E-state index contributed by atoms with van der Waals surface area (Å²) in [6.07, 6.45) is 7.69. The van der Waals surface area contributed by atoms with Gasteiger partial charge in [-0.05, 0) is 69.6 Å². The van der Waals surface area contributed by atoms with Crippen LogP contribution in [0.2, 0.25) is 0 Å². The van der Waals surface area contributed by atoms with Gasteiger partial charge in [-0.15, -0.1) is 0 Å². The van der Waals surface area contributed by atoms with Crippen LogP contribution in [0.15, 0.2) is 55.0 Å². The number of nitrogens with one attached hydrogen (secondary N) is 1. The van der Waals surface area contributed by atoms with Crippen LogP contribution in [-0.2, 0) is 17.9 Å². The third kappa shape index (κ3) is 6.49. The number of anilines is 2. The van der Waals surface area contributed by atoms with Gasteiger partial charge in [-0.3, -0.25) is 9.88 Å². The molecule has 3 aromatic rings. The Bertz CT molecular complexity index is 1020. The first-order chi connectivity index (χ1) is 16.1. The predicted molar refractivity (Wildman–Crippen MR) is 130 cm³/mol. The van der Waals surface area contributed by atoms with Gasteiger partial charge in [0.25, 0.3) is 0 Å². The Labute approximate surface area is 196 Å². The predicted octanol–water partition coefficient (Wildman–Crippen LogP) is 4.93. The van der Waals surface area contributed by atoms with Gasteiger partial charge in [0.15, 0.2) is 0 Å². The molecule has 1 aliphatic heterocycles. The van der Waals surface area contributed by atoms with Crippen molar-refractivity contribution in [2.45, 2.75) is 51.9 Å². The van der Waals surface area contributed by atoms with E-state index in [4.69, 9.17) is 14.5 Å². The quantitative estimate of drug-likeness (QED) is 0.499. The lowest BCUT2D eigenvalue weighted by molar-refractivity contribution is 0.174. The molecule has 33 heavy (non-hydrogen) atoms. The van der Waals surface area contributed by atoms with Crippen molar-refractivity contribution < 1.29 is 9.47 Å². The summed E-state index contributed by atoms with van der Waals surface area (Å²) in [5.41, 5.74) is 3.44. The number of pyridine rings is 1. The summed E-state index contributed by atoms with van der Waals surface area (Å²) < 4.78 is 11.3. The van der Waals surface area contributed by atoms with Gasteiger partial charge in [0.2, 0.25) is 0 Å². The minimum Gasteiger partial charge on any atom is -0.491 e. The second kappa shape index (κ2) is 11.2. The van der Waals surface area contributed by atoms with Crippen LogP contribution < -0.4 is 10.1 Å². The number of methoxy groups -OCH3 is 1. The Balaban J connectivity index is 1.35. The first-order valence-electron chi connectivity index (χ1n) is 11.6. The Hall–Kier alpha value is -3.03. The molecule has 1 aromatic carbocycles. The van der Waals surface area contributed by atoms with Crippen LogP contribution in [0.5, 0.6) is 5.75 Å². The maximum Gasteiger partial charge on any atom is 0.150 e. The maximum absolute atomic E-state index is 5.94. The largest absolute Gasteiger partial charge is 0.491 e. The Morgan fingerprint density at radius 1 is 1.09 bits per heavy atom. The number of benzene rings is 1. The topological polar surface area (TPSA) is 72.4 Å². The van der Waals surface area contributed by atoms with Crippen LogP contribution in [0.25, 0.3) is 0 Å². The van der Waals surface area contributed by atoms with Crippen molar-refractivity contribution in [3.63, 3.8) is 0 Å². The zero-order valence-electron chi connectivity index (χ0n) is 19.7. The van der Waals surface area contributed by atoms with E-state index in [9.17, 15) is 0 Å². The molecular weight excluding hydrogens is 414 g/mol. The summed E-state index contributed by atoms with van der Waals surface area (Å²) >= 11 is 0. The van der Waals surface area contributed by atoms with E-state index in [1.165, 1.54) is 5.56 Å². The van der Waals surface area contributed by atoms with E-state index < -0.39 is 0 Å². The van der Waals surface area contributed by atoms with Crippen molar-refractivity contribution in [2.24, 2.45) is 0 Å². The van der Waals surface area contributed by atoms with E-state index in [1.54, 1.807) is 19.5 Å². The van der Waals surface area contributed by atoms with Crippen LogP contribution in [0, 0.1) is 0 Å². The summed E-state index contributed by atoms with van der Waals surface area (Å²) in [6, 6.07) is 12.2. The highest BCUT2D eigenvalue weighted by atomic mass is 16.5. The van der Waals surface area contributed by atoms with Gasteiger partial charge in [-0.1, -0.05) is 12.1 Å². The number of aromatic nitrogens is 3. The molecule has 1 saturated heterocycles. The Morgan fingerprint density at radius 2 is 1.94 bits per heavy atom. The number of hydrogen-bond donors (Lipinski definition) is 1. The third-order valence-electron chi connectivity index (χ3n) is 5.77. The van der Waals surface area contributed by atoms with Gasteiger partial charge in [-0.2, -0.15) is 0 Å². The SMILES string of the molecule is COCc1cc(CN2CCC(c3cncc(Nc4ccccn4)n3)CC2)ccc1OC(C)C. The van der Waals surface area contributed by atoms with Crippen LogP contribution in [0.4, 0.5) is 11.6 Å². The summed E-state index contributed by atoms with van der Waals surface area (Å²) in [5.74, 6) is 2.84. The molecule has 0 amide bonds. The van der Waals surface area contributed by atoms with Gasteiger partial charge >= 0.3 is 0 Å². The normalized spacial score (nSPS) is 15.0. The molecule has 4 rings (SSSR count). The molecule has 0 unspecified atom stereocenters. The second-order valence-corrected chi connectivity index (χ2v) is 8.76. The average molecular weight is 448 g/mol. The average Bonchev–Trinajstić information content (AvgIpc) is 2.82. The van der Waals surface area contributed by atoms with Crippen LogP contribution in [-0.4, -0.2) is 46.2 Å². The Morgan fingerprint density at radius 3 is 2.67 bits per heavy atom. The van der Waals surface area contributed by atoms with Crippen molar-refractivity contribution in [3.05, 3.63) is 71.8 Å². The second-order valence-electron chi connectivity index (χ2n) is 8.76. The van der Waals surface area contributed by atoms with Crippen LogP contribution in [0.3, 0.4) is 0 Å². The number of piperidine rings is 1. The summed E-state index contributed by atoms with van der Waals surface area (Å²) in [4.78, 5) is 16.0. The number of rotatable bonds is 9. The summed E-state index contributed by atoms with van der Waals surface area (Å²) in [6.45, 7) is 7.65. The molecule has 0 spiro atoms. The fourth-order valence-corrected chi connectivity index (χ4v) is 4.22. The molecule has 174 valence electrons. The summed E-state index contributed by atoms with van der Waals surface area (Å²) in [7, 11) is 1.72. The van der Waals surface area contributed by atoms with Gasteiger partial charge in [-0.25, -0.2) is 9.97 Å². The monoisotopic (exact) mass is 447 g/mol. The van der Waals surface area contributed by atoms with Crippen LogP contribution in [0.1, 0.15) is 49.4 Å². The molecule has 3 heterocycles. The molecule has 0 radical (unpaired) electrons. The van der Waals surface area contributed by atoms with Crippen molar-refractivity contribution in [3.8, 4) is 5.75 Å². The molecule has 2 aromatic heterocycles. The number of nitrogens with zero attached hydrogens (tertiary/aromatic N) is 4. The fraction of sp³-hybridized carbons (Fsp3) is 0.423. The van der Waals surface area contributed by atoms with E-state index in [0.717, 1.165) is 61.1 Å². The molecular formula is C26H33N5O2. The number of ether oxygens (including phenoxy) is 2. The number of hydrogen-bond acceptors (Lipinski definition) is 7. The van der Waals surface area contributed by atoms with Gasteiger partial charge in [0.1, 0.15) is 17.4 Å². The zero-order chi connectivity index (χ0) is 23.0. The first kappa shape index (κ1) is 23.1. The fourth-order valence-electron chi connectivity index (χ4n) is 4.22. The van der Waals surface area contributed by atoms with Crippen molar-refractivity contribution >= 4 is 11.6 Å². The van der Waals surface area contributed by atoms with Gasteiger partial charge in [0.05, 0.1) is 24.6 Å². The van der Waals surface area contributed by atoms with Gasteiger partial charge in [0, 0.05) is 37.5 Å². The zero-order valence-corrected chi connectivity index (χ0v) is 19.7. The lowest BCUT2D eigenvalue weighted by Crippen LogP contribution is -2.32. The molecule has 7 nitrogen and oxygen atoms in total. The molecule has 7 heteroatoms. The van der Waals surface area contributed by atoms with E-state index in [0.29, 0.717) is 12.5 Å². The van der Waals surface area contributed by atoms with Gasteiger partial charge < -0.3 is 14.8 Å². The standard InChI is InChI=1S/C26H33N5O2/c1-19(2)33-24-8-7-20(14-22(24)18-32-3)17-31-12-9-21(10-13-31)23-15-27-16-26(29-23)30-25-6-4-5-11-28-25/h4-8,11,14-16,19,21H,9-10,12-13,17-18H2,1-3H3,(H,28,29,30). The summed E-state index contributed by atoms with van der Waals surface area (Å²) in [5, 5.41) is 3.24. The molecule has 1 aliphatic rings. The van der Waals surface area contributed by atoms with Crippen molar-refractivity contribution in [2.75, 3.05) is 25.5 Å². The molecule has 0 saturated carbocycles. The minimum absolute atomic E-state index is 0.145. The lowest BCUT2D eigenvalue weighted by atomic mass is 9.93. The smallest absolute Gasteiger partial charge is 0.150 e. The lowest BCUT2D eigenvalue weighted by Gasteiger charge is -2.31. The molecule has 1 fully saturated rings. The molecule has 0 aliphatic carbocycles. The maximum atomic E-state index is 5.94. The molecule has 1 N–H and O–H groups in total.